The number of rotatable bonds is 8. The number of carboxylic acids is 1. The number of halogens is 4. The first-order valence-electron chi connectivity index (χ1n) is 13.4. The van der Waals surface area contributed by atoms with Crippen molar-refractivity contribution >= 4 is 11.7 Å². The zero-order valence-electron chi connectivity index (χ0n) is 22.3. The molecule has 0 aromatic heterocycles. The van der Waals surface area contributed by atoms with Crippen LogP contribution in [0.4, 0.5) is 23.2 Å². The molecule has 0 radical (unpaired) electrons. The average Bonchev–Trinajstić information content (AvgIpc) is 3.19. The Kier molecular flexibility index (Phi) is 7.77. The number of likely N-dealkylation sites (tertiary alicyclic amines) is 1. The lowest BCUT2D eigenvalue weighted by Gasteiger charge is -2.40. The fourth-order valence-corrected chi connectivity index (χ4v) is 5.89. The van der Waals surface area contributed by atoms with E-state index in [2.05, 4.69) is 9.80 Å². The molecule has 5 rings (SSSR count). The summed E-state index contributed by atoms with van der Waals surface area (Å²) in [7, 11) is 1.95. The zero-order valence-corrected chi connectivity index (χ0v) is 22.3. The second-order valence-electron chi connectivity index (χ2n) is 10.9. The number of nitrogens with zero attached hydrogens (tertiary/aromatic N) is 2. The van der Waals surface area contributed by atoms with Crippen LogP contribution in [0, 0.1) is 5.82 Å². The Morgan fingerprint density at radius 2 is 1.70 bits per heavy atom. The number of anilines is 1. The molecule has 0 amide bonds. The molecule has 9 heteroatoms. The van der Waals surface area contributed by atoms with Crippen molar-refractivity contribution in [2.24, 2.45) is 0 Å². The Morgan fingerprint density at radius 3 is 2.35 bits per heavy atom. The number of benzene rings is 3. The summed E-state index contributed by atoms with van der Waals surface area (Å²) in [5.41, 5.74) is 3.30. The van der Waals surface area contributed by atoms with Crippen LogP contribution in [-0.4, -0.2) is 42.7 Å². The van der Waals surface area contributed by atoms with Gasteiger partial charge in [0, 0.05) is 43.7 Å². The molecule has 1 N–H and O–H groups in total. The second-order valence-corrected chi connectivity index (χ2v) is 10.9. The lowest BCUT2D eigenvalue weighted by Crippen LogP contribution is -2.44. The largest absolute Gasteiger partial charge is 0.489 e. The summed E-state index contributed by atoms with van der Waals surface area (Å²) >= 11 is 0. The molecule has 0 saturated carbocycles. The summed E-state index contributed by atoms with van der Waals surface area (Å²) in [6, 6.07) is 16.6. The first-order valence-corrected chi connectivity index (χ1v) is 13.4. The topological polar surface area (TPSA) is 53.0 Å². The van der Waals surface area contributed by atoms with Gasteiger partial charge in [-0.1, -0.05) is 30.3 Å². The van der Waals surface area contributed by atoms with E-state index in [9.17, 15) is 22.4 Å². The van der Waals surface area contributed by atoms with Crippen LogP contribution in [0.5, 0.6) is 5.75 Å². The molecule has 0 unspecified atom stereocenters. The number of aryl methyl sites for hydroxylation is 1. The maximum atomic E-state index is 14.2. The van der Waals surface area contributed by atoms with Gasteiger partial charge in [-0.2, -0.15) is 13.2 Å². The van der Waals surface area contributed by atoms with Gasteiger partial charge in [0.2, 0.25) is 0 Å². The van der Waals surface area contributed by atoms with E-state index in [1.165, 1.54) is 18.2 Å². The molecule has 1 fully saturated rings. The maximum Gasteiger partial charge on any atom is 0.416 e. The minimum absolute atomic E-state index is 0.129. The smallest absolute Gasteiger partial charge is 0.416 e. The Balaban J connectivity index is 1.15. The normalized spacial score (nSPS) is 16.8. The molecular weight excluding hydrogens is 524 g/mol. The van der Waals surface area contributed by atoms with Crippen molar-refractivity contribution in [1.29, 1.82) is 0 Å². The lowest BCUT2D eigenvalue weighted by atomic mass is 9.74. The number of ether oxygens (including phenoxy) is 1. The van der Waals surface area contributed by atoms with Gasteiger partial charge in [0.05, 0.1) is 5.56 Å². The molecule has 0 bridgehead atoms. The van der Waals surface area contributed by atoms with Crippen LogP contribution in [-0.2, 0) is 36.0 Å². The summed E-state index contributed by atoms with van der Waals surface area (Å²) < 4.78 is 60.1. The molecule has 2 heterocycles. The SMILES string of the molecule is CN1CC2(CCN(Cc3ccc(COc4ccc(CCC(=O)O)c(F)c4)cc3)CC2)c2cc(C(F)(F)F)ccc21. The predicted octanol–water partition coefficient (Wildman–Crippen LogP) is 6.42. The number of aliphatic carboxylic acids is 1. The summed E-state index contributed by atoms with van der Waals surface area (Å²) in [6.45, 7) is 3.38. The molecule has 212 valence electrons. The van der Waals surface area contributed by atoms with E-state index in [0.29, 0.717) is 11.3 Å². The molecular formula is C31H32F4N2O3. The highest BCUT2D eigenvalue weighted by Gasteiger charge is 2.45. The highest BCUT2D eigenvalue weighted by Crippen LogP contribution is 2.48. The highest BCUT2D eigenvalue weighted by atomic mass is 19.4. The number of hydrogen-bond acceptors (Lipinski definition) is 4. The predicted molar refractivity (Wildman–Crippen MR) is 144 cm³/mol. The third-order valence-electron chi connectivity index (χ3n) is 8.13. The van der Waals surface area contributed by atoms with E-state index < -0.39 is 23.5 Å². The number of alkyl halides is 3. The van der Waals surface area contributed by atoms with Crippen LogP contribution >= 0.6 is 0 Å². The van der Waals surface area contributed by atoms with Crippen molar-refractivity contribution in [3.8, 4) is 5.75 Å². The summed E-state index contributed by atoms with van der Waals surface area (Å²) in [4.78, 5) is 15.1. The third-order valence-corrected chi connectivity index (χ3v) is 8.13. The number of likely N-dealkylation sites (N-methyl/N-ethyl adjacent to an activating group) is 1. The number of carbonyl (C=O) groups is 1. The van der Waals surface area contributed by atoms with Gasteiger partial charge in [0.25, 0.3) is 0 Å². The molecule has 1 spiro atoms. The van der Waals surface area contributed by atoms with Gasteiger partial charge in [0.1, 0.15) is 18.2 Å². The Hall–Kier alpha value is -3.59. The molecule has 5 nitrogen and oxygen atoms in total. The molecule has 0 aliphatic carbocycles. The minimum Gasteiger partial charge on any atom is -0.489 e. The average molecular weight is 557 g/mol. The van der Waals surface area contributed by atoms with Crippen molar-refractivity contribution < 1.29 is 32.2 Å². The molecule has 0 atom stereocenters. The molecule has 2 aliphatic rings. The van der Waals surface area contributed by atoms with Gasteiger partial charge >= 0.3 is 12.1 Å². The van der Waals surface area contributed by atoms with E-state index in [4.69, 9.17) is 9.84 Å². The van der Waals surface area contributed by atoms with Crippen LogP contribution in [0.2, 0.25) is 0 Å². The summed E-state index contributed by atoms with van der Waals surface area (Å²) in [5, 5.41) is 8.77. The lowest BCUT2D eigenvalue weighted by molar-refractivity contribution is -0.138. The van der Waals surface area contributed by atoms with Crippen molar-refractivity contribution in [3.05, 3.63) is 94.3 Å². The minimum atomic E-state index is -4.35. The van der Waals surface area contributed by atoms with E-state index in [-0.39, 0.29) is 24.9 Å². The van der Waals surface area contributed by atoms with E-state index in [0.717, 1.165) is 61.4 Å². The first kappa shape index (κ1) is 28.0. The zero-order chi connectivity index (χ0) is 28.5. The van der Waals surface area contributed by atoms with Gasteiger partial charge in [-0.05, 0) is 78.9 Å². The molecule has 3 aromatic rings. The summed E-state index contributed by atoms with van der Waals surface area (Å²) in [6.07, 6.45) is -2.73. The van der Waals surface area contributed by atoms with Crippen molar-refractivity contribution in [1.82, 2.24) is 4.90 Å². The maximum absolute atomic E-state index is 14.2. The number of carboxylic acid groups (broad SMARTS) is 1. The van der Waals surface area contributed by atoms with Crippen LogP contribution in [0.1, 0.15) is 47.1 Å². The Bertz CT molecular complexity index is 1370. The van der Waals surface area contributed by atoms with Crippen LogP contribution in [0.25, 0.3) is 0 Å². The second kappa shape index (κ2) is 11.1. The Morgan fingerprint density at radius 1 is 1.00 bits per heavy atom. The first-order chi connectivity index (χ1) is 19.0. The fourth-order valence-electron chi connectivity index (χ4n) is 5.89. The molecule has 40 heavy (non-hydrogen) atoms. The molecule has 2 aliphatic heterocycles. The number of piperidine rings is 1. The Labute approximate surface area is 231 Å². The van der Waals surface area contributed by atoms with Gasteiger partial charge in [-0.15, -0.1) is 0 Å². The molecule has 3 aromatic carbocycles. The van der Waals surface area contributed by atoms with E-state index in [1.54, 1.807) is 18.2 Å². The van der Waals surface area contributed by atoms with Gasteiger partial charge < -0.3 is 14.7 Å². The van der Waals surface area contributed by atoms with Crippen LogP contribution < -0.4 is 9.64 Å². The van der Waals surface area contributed by atoms with Gasteiger partial charge in [-0.25, -0.2) is 4.39 Å². The van der Waals surface area contributed by atoms with E-state index >= 15 is 0 Å². The standard InChI is InChI=1S/C31H32F4N2O3/c1-36-20-30(26-16-24(31(33,34)35)8-10-28(26)36)12-14-37(15-13-30)18-21-2-4-22(5-3-21)19-40-25-9-6-23(27(32)17-25)7-11-29(38)39/h2-6,8-10,16-17H,7,11-15,18-20H2,1H3,(H,38,39). The fraction of sp³-hybridized carbons (Fsp3) is 0.387. The quantitative estimate of drug-likeness (QED) is 0.325. The van der Waals surface area contributed by atoms with E-state index in [1.807, 2.05) is 31.3 Å². The number of hydrogen-bond donors (Lipinski definition) is 1. The van der Waals surface area contributed by atoms with Crippen molar-refractivity contribution in [2.75, 3.05) is 31.6 Å². The van der Waals surface area contributed by atoms with Gasteiger partial charge in [-0.3, -0.25) is 9.69 Å². The third kappa shape index (κ3) is 6.09. The van der Waals surface area contributed by atoms with Gasteiger partial charge in [0.15, 0.2) is 0 Å². The monoisotopic (exact) mass is 556 g/mol. The van der Waals surface area contributed by atoms with Crippen molar-refractivity contribution in [3.63, 3.8) is 0 Å². The molecule has 1 saturated heterocycles. The van der Waals surface area contributed by atoms with Crippen LogP contribution in [0.3, 0.4) is 0 Å². The number of fused-ring (bicyclic) bond motifs is 2. The van der Waals surface area contributed by atoms with Crippen molar-refractivity contribution in [2.45, 2.75) is 50.4 Å². The highest BCUT2D eigenvalue weighted by molar-refractivity contribution is 5.67. The van der Waals surface area contributed by atoms with Crippen LogP contribution in [0.15, 0.2) is 60.7 Å². The summed E-state index contributed by atoms with van der Waals surface area (Å²) in [5.74, 6) is -1.07.